The fraction of sp³-hybridized carbons (Fsp3) is 0.458. The van der Waals surface area contributed by atoms with Crippen molar-refractivity contribution in [2.24, 2.45) is 0 Å². The monoisotopic (exact) mass is 473 g/mol. The predicted molar refractivity (Wildman–Crippen MR) is 127 cm³/mol. The number of likely N-dealkylation sites (tertiary alicyclic amines) is 1. The molecule has 0 saturated carbocycles. The molecule has 0 unspecified atom stereocenters. The molecule has 2 aromatic rings. The number of thiophene rings is 1. The first-order valence-corrected chi connectivity index (χ1v) is 12.0. The summed E-state index contributed by atoms with van der Waals surface area (Å²) in [5.74, 6) is -2.18. The van der Waals surface area contributed by atoms with E-state index in [-0.39, 0.29) is 17.0 Å². The maximum absolute atomic E-state index is 13.1. The number of amides is 1. The highest BCUT2D eigenvalue weighted by molar-refractivity contribution is 7.10. The predicted octanol–water partition coefficient (Wildman–Crippen LogP) is 3.63. The Balaban J connectivity index is 2.06. The normalized spacial score (nSPS) is 17.9. The lowest BCUT2D eigenvalue weighted by Crippen LogP contribution is -2.33. The molecule has 9 heteroatoms. The molecule has 2 N–H and O–H groups in total. The number of methoxy groups -OCH3 is 1. The maximum atomic E-state index is 13.1. The van der Waals surface area contributed by atoms with Gasteiger partial charge in [0.2, 0.25) is 0 Å². The van der Waals surface area contributed by atoms with Crippen LogP contribution in [-0.4, -0.2) is 70.8 Å². The number of hydrogen-bond donors (Lipinski definition) is 2. The SMILES string of the molecule is CCN(CC)CCCN1C(=O)C(=O)/C(=C(/O)c2c(C)[nH]c(C(=O)OC)c2C)[C@H]1c1cccs1. The van der Waals surface area contributed by atoms with Crippen molar-refractivity contribution in [3.8, 4) is 0 Å². The quantitative estimate of drug-likeness (QED) is 0.250. The summed E-state index contributed by atoms with van der Waals surface area (Å²) in [5.41, 5.74) is 1.58. The Morgan fingerprint density at radius 2 is 1.97 bits per heavy atom. The number of esters is 1. The van der Waals surface area contributed by atoms with Crippen LogP contribution in [0.25, 0.3) is 5.76 Å². The molecule has 1 aliphatic rings. The molecule has 2 aromatic heterocycles. The summed E-state index contributed by atoms with van der Waals surface area (Å²) in [5, 5.41) is 13.2. The lowest BCUT2D eigenvalue weighted by atomic mass is 9.97. The van der Waals surface area contributed by atoms with Crippen LogP contribution >= 0.6 is 11.3 Å². The molecule has 1 saturated heterocycles. The van der Waals surface area contributed by atoms with Crippen molar-refractivity contribution in [1.82, 2.24) is 14.8 Å². The van der Waals surface area contributed by atoms with E-state index in [4.69, 9.17) is 4.74 Å². The van der Waals surface area contributed by atoms with Gasteiger partial charge in [0.25, 0.3) is 11.7 Å². The molecular formula is C24H31N3O5S. The van der Waals surface area contributed by atoms with Gasteiger partial charge in [-0.1, -0.05) is 19.9 Å². The fourth-order valence-electron chi connectivity index (χ4n) is 4.40. The number of aryl methyl sites for hydroxylation is 1. The topological polar surface area (TPSA) is 103 Å². The van der Waals surface area contributed by atoms with Crippen LogP contribution in [0.1, 0.15) is 58.5 Å². The number of carbonyl (C=O) groups is 3. The van der Waals surface area contributed by atoms with Crippen molar-refractivity contribution in [3.05, 3.63) is 50.5 Å². The second-order valence-corrected chi connectivity index (χ2v) is 8.98. The van der Waals surface area contributed by atoms with E-state index in [2.05, 4.69) is 23.7 Å². The number of Topliss-reactive ketones (excluding diaryl/α,β-unsaturated/α-hetero) is 1. The number of aliphatic hydroxyl groups is 1. The van der Waals surface area contributed by atoms with E-state index in [9.17, 15) is 19.5 Å². The number of ether oxygens (including phenoxy) is 1. The fourth-order valence-corrected chi connectivity index (χ4v) is 5.25. The average Bonchev–Trinajstić information content (AvgIpc) is 3.49. The van der Waals surface area contributed by atoms with Crippen molar-refractivity contribution in [2.45, 2.75) is 40.2 Å². The van der Waals surface area contributed by atoms with Crippen LogP contribution in [0.2, 0.25) is 0 Å². The lowest BCUT2D eigenvalue weighted by molar-refractivity contribution is -0.139. The Morgan fingerprint density at radius 1 is 1.27 bits per heavy atom. The molecule has 178 valence electrons. The zero-order valence-electron chi connectivity index (χ0n) is 19.7. The van der Waals surface area contributed by atoms with Gasteiger partial charge >= 0.3 is 5.97 Å². The van der Waals surface area contributed by atoms with Crippen LogP contribution in [0.15, 0.2) is 23.1 Å². The highest BCUT2D eigenvalue weighted by Gasteiger charge is 2.46. The first-order valence-electron chi connectivity index (χ1n) is 11.1. The van der Waals surface area contributed by atoms with Gasteiger partial charge in [-0.2, -0.15) is 0 Å². The first kappa shape index (κ1) is 24.7. The number of carbonyl (C=O) groups excluding carboxylic acids is 3. The summed E-state index contributed by atoms with van der Waals surface area (Å²) in [4.78, 5) is 45.8. The largest absolute Gasteiger partial charge is 0.507 e. The molecule has 0 bridgehead atoms. The molecule has 1 atom stereocenters. The number of hydrogen-bond acceptors (Lipinski definition) is 7. The summed E-state index contributed by atoms with van der Waals surface area (Å²) in [7, 11) is 1.28. The minimum absolute atomic E-state index is 0.0481. The average molecular weight is 474 g/mol. The molecule has 1 amide bonds. The number of aromatic amines is 1. The van der Waals surface area contributed by atoms with Gasteiger partial charge in [-0.3, -0.25) is 9.59 Å². The Bertz CT molecular complexity index is 1070. The Labute approximate surface area is 197 Å². The highest BCUT2D eigenvalue weighted by Crippen LogP contribution is 2.42. The first-order chi connectivity index (χ1) is 15.8. The summed E-state index contributed by atoms with van der Waals surface area (Å²) in [6, 6.07) is 3.05. The van der Waals surface area contributed by atoms with E-state index < -0.39 is 23.7 Å². The standard InChI is InChI=1S/C24H31N3O5S/c1-6-26(7-2)11-9-12-27-20(16-10-8-13-33-16)18(22(29)23(27)30)21(28)17-14(3)19(24(31)32-5)25-15(17)4/h8,10,13,20,25,28H,6-7,9,11-12H2,1-5H3/b21-18+/t20-/m1/s1. The highest BCUT2D eigenvalue weighted by atomic mass is 32.1. The van der Waals surface area contributed by atoms with Crippen molar-refractivity contribution >= 4 is 34.8 Å². The van der Waals surface area contributed by atoms with E-state index in [1.54, 1.807) is 18.7 Å². The van der Waals surface area contributed by atoms with E-state index in [1.807, 2.05) is 17.5 Å². The van der Waals surface area contributed by atoms with Crippen molar-refractivity contribution in [3.63, 3.8) is 0 Å². The molecule has 0 spiro atoms. The number of H-pyrrole nitrogens is 1. The molecule has 8 nitrogen and oxygen atoms in total. The van der Waals surface area contributed by atoms with Crippen LogP contribution < -0.4 is 0 Å². The molecule has 1 aliphatic heterocycles. The van der Waals surface area contributed by atoms with Gasteiger partial charge < -0.3 is 24.6 Å². The van der Waals surface area contributed by atoms with Gasteiger partial charge in [-0.25, -0.2) is 4.79 Å². The molecule has 1 fully saturated rings. The zero-order valence-corrected chi connectivity index (χ0v) is 20.5. The molecule has 33 heavy (non-hydrogen) atoms. The number of nitrogens with one attached hydrogen (secondary N) is 1. The molecule has 3 heterocycles. The van der Waals surface area contributed by atoms with Gasteiger partial charge in [0.05, 0.1) is 18.7 Å². The molecule has 3 rings (SSSR count). The second kappa shape index (κ2) is 10.4. The van der Waals surface area contributed by atoms with Gasteiger partial charge in [0, 0.05) is 22.7 Å². The van der Waals surface area contributed by atoms with Crippen molar-refractivity contribution < 1.29 is 24.2 Å². The molecular weight excluding hydrogens is 442 g/mol. The molecule has 0 aliphatic carbocycles. The van der Waals surface area contributed by atoms with E-state index in [0.29, 0.717) is 29.8 Å². The number of aliphatic hydroxyl groups excluding tert-OH is 1. The summed E-state index contributed by atoms with van der Waals surface area (Å²) in [6.07, 6.45) is 0.714. The lowest BCUT2D eigenvalue weighted by Gasteiger charge is -2.25. The molecule has 0 aromatic carbocycles. The third kappa shape index (κ3) is 4.60. The van der Waals surface area contributed by atoms with Gasteiger partial charge in [-0.15, -0.1) is 11.3 Å². The minimum atomic E-state index is -0.714. The van der Waals surface area contributed by atoms with Crippen LogP contribution in [0.3, 0.4) is 0 Å². The Hall–Kier alpha value is -2.91. The number of aromatic nitrogens is 1. The van der Waals surface area contributed by atoms with Crippen LogP contribution in [-0.2, 0) is 14.3 Å². The summed E-state index contributed by atoms with van der Waals surface area (Å²) in [6.45, 7) is 10.6. The van der Waals surface area contributed by atoms with E-state index >= 15 is 0 Å². The molecule has 0 radical (unpaired) electrons. The van der Waals surface area contributed by atoms with Crippen LogP contribution in [0.5, 0.6) is 0 Å². The smallest absolute Gasteiger partial charge is 0.354 e. The minimum Gasteiger partial charge on any atom is -0.507 e. The number of ketones is 1. The van der Waals surface area contributed by atoms with Crippen LogP contribution in [0, 0.1) is 13.8 Å². The van der Waals surface area contributed by atoms with Crippen LogP contribution in [0.4, 0.5) is 0 Å². The van der Waals surface area contributed by atoms with Gasteiger partial charge in [-0.05, 0) is 56.9 Å². The van der Waals surface area contributed by atoms with E-state index in [0.717, 1.165) is 24.5 Å². The Morgan fingerprint density at radius 3 is 2.55 bits per heavy atom. The Kier molecular flexibility index (Phi) is 7.76. The second-order valence-electron chi connectivity index (χ2n) is 8.00. The van der Waals surface area contributed by atoms with Crippen molar-refractivity contribution in [2.75, 3.05) is 33.3 Å². The summed E-state index contributed by atoms with van der Waals surface area (Å²) >= 11 is 1.43. The number of nitrogens with zero attached hydrogens (tertiary/aromatic N) is 2. The van der Waals surface area contributed by atoms with Crippen molar-refractivity contribution in [1.29, 1.82) is 0 Å². The third-order valence-electron chi connectivity index (χ3n) is 6.18. The number of rotatable bonds is 9. The van der Waals surface area contributed by atoms with E-state index in [1.165, 1.54) is 18.4 Å². The third-order valence-corrected chi connectivity index (χ3v) is 7.11. The zero-order chi connectivity index (χ0) is 24.3. The van der Waals surface area contributed by atoms with Gasteiger partial charge in [0.1, 0.15) is 11.5 Å². The summed E-state index contributed by atoms with van der Waals surface area (Å²) < 4.78 is 4.81. The maximum Gasteiger partial charge on any atom is 0.354 e. The van der Waals surface area contributed by atoms with Gasteiger partial charge in [0.15, 0.2) is 0 Å².